The van der Waals surface area contributed by atoms with Crippen molar-refractivity contribution >= 4 is 33.5 Å². The molecule has 2 aromatic heterocycles. The van der Waals surface area contributed by atoms with E-state index in [-0.39, 0.29) is 5.91 Å². The standard InChI is InChI=1S/C23H26N6O2/c1-3-11-24-21-18-14-28-29(22(18)27-15-26-21)13-12-25-23(30)20-17-8-6-5-7-16(17)9-10-19(20)31-4-2/h5-10,14-15H,3-4,11-13H2,1-2H3,(H,25,30)(H,24,26,27). The Balaban J connectivity index is 1.51. The zero-order valence-corrected chi connectivity index (χ0v) is 17.8. The van der Waals surface area contributed by atoms with Crippen molar-refractivity contribution in [2.45, 2.75) is 26.8 Å². The molecule has 0 radical (unpaired) electrons. The van der Waals surface area contributed by atoms with Crippen LogP contribution in [0.3, 0.4) is 0 Å². The number of carbonyl (C=O) groups excluding carboxylic acids is 1. The number of amides is 1. The number of hydrogen-bond acceptors (Lipinski definition) is 6. The molecule has 0 saturated carbocycles. The van der Waals surface area contributed by atoms with Crippen molar-refractivity contribution in [2.75, 3.05) is 25.0 Å². The van der Waals surface area contributed by atoms with Crippen LogP contribution < -0.4 is 15.4 Å². The monoisotopic (exact) mass is 418 g/mol. The molecule has 2 heterocycles. The Kier molecular flexibility index (Phi) is 6.26. The Morgan fingerprint density at radius 2 is 1.94 bits per heavy atom. The number of hydrogen-bond donors (Lipinski definition) is 2. The van der Waals surface area contributed by atoms with Gasteiger partial charge in [0.2, 0.25) is 0 Å². The minimum absolute atomic E-state index is 0.170. The van der Waals surface area contributed by atoms with Crippen LogP contribution in [0, 0.1) is 0 Å². The first-order valence-corrected chi connectivity index (χ1v) is 10.6. The zero-order valence-electron chi connectivity index (χ0n) is 17.8. The van der Waals surface area contributed by atoms with Crippen molar-refractivity contribution in [3.63, 3.8) is 0 Å². The molecular formula is C23H26N6O2. The second-order valence-electron chi connectivity index (χ2n) is 7.10. The lowest BCUT2D eigenvalue weighted by Crippen LogP contribution is -2.28. The molecule has 0 fully saturated rings. The minimum Gasteiger partial charge on any atom is -0.493 e. The Bertz CT molecular complexity index is 1200. The largest absolute Gasteiger partial charge is 0.493 e. The molecule has 4 aromatic rings. The van der Waals surface area contributed by atoms with E-state index in [0.717, 1.165) is 40.6 Å². The number of rotatable bonds is 9. The highest BCUT2D eigenvalue weighted by atomic mass is 16.5. The van der Waals surface area contributed by atoms with Crippen LogP contribution in [0.2, 0.25) is 0 Å². The van der Waals surface area contributed by atoms with Gasteiger partial charge < -0.3 is 15.4 Å². The van der Waals surface area contributed by atoms with Crippen molar-refractivity contribution in [2.24, 2.45) is 0 Å². The van der Waals surface area contributed by atoms with Crippen LogP contribution in [-0.4, -0.2) is 45.4 Å². The average molecular weight is 419 g/mol. The summed E-state index contributed by atoms with van der Waals surface area (Å²) in [6.45, 7) is 6.24. The summed E-state index contributed by atoms with van der Waals surface area (Å²) in [5.41, 5.74) is 1.29. The lowest BCUT2D eigenvalue weighted by molar-refractivity contribution is 0.0950. The smallest absolute Gasteiger partial charge is 0.255 e. The molecule has 0 bridgehead atoms. The fourth-order valence-electron chi connectivity index (χ4n) is 3.57. The molecule has 0 aliphatic heterocycles. The van der Waals surface area contributed by atoms with E-state index in [1.807, 2.05) is 43.3 Å². The van der Waals surface area contributed by atoms with Crippen molar-refractivity contribution < 1.29 is 9.53 Å². The summed E-state index contributed by atoms with van der Waals surface area (Å²) in [6.07, 6.45) is 4.29. The fourth-order valence-corrected chi connectivity index (χ4v) is 3.57. The van der Waals surface area contributed by atoms with Gasteiger partial charge in [-0.05, 0) is 30.2 Å². The topological polar surface area (TPSA) is 94.0 Å². The second-order valence-corrected chi connectivity index (χ2v) is 7.10. The molecule has 2 N–H and O–H groups in total. The van der Waals surface area contributed by atoms with Gasteiger partial charge in [-0.3, -0.25) is 4.79 Å². The van der Waals surface area contributed by atoms with Crippen molar-refractivity contribution in [3.05, 3.63) is 54.5 Å². The van der Waals surface area contributed by atoms with Gasteiger partial charge in [0.05, 0.1) is 30.3 Å². The van der Waals surface area contributed by atoms with Gasteiger partial charge in [-0.25, -0.2) is 14.6 Å². The molecule has 0 saturated heterocycles. The Morgan fingerprint density at radius 3 is 2.77 bits per heavy atom. The van der Waals surface area contributed by atoms with E-state index >= 15 is 0 Å². The third kappa shape index (κ3) is 4.28. The average Bonchev–Trinajstić information content (AvgIpc) is 3.21. The highest BCUT2D eigenvalue weighted by Crippen LogP contribution is 2.28. The molecule has 0 aliphatic carbocycles. The highest BCUT2D eigenvalue weighted by Gasteiger charge is 2.17. The molecule has 0 spiro atoms. The summed E-state index contributed by atoms with van der Waals surface area (Å²) in [4.78, 5) is 21.7. The predicted octanol–water partition coefficient (Wildman–Crippen LogP) is 3.63. The lowest BCUT2D eigenvalue weighted by Gasteiger charge is -2.13. The molecule has 8 nitrogen and oxygen atoms in total. The van der Waals surface area contributed by atoms with E-state index in [2.05, 4.69) is 32.6 Å². The van der Waals surface area contributed by atoms with Gasteiger partial charge in [0.25, 0.3) is 5.91 Å². The van der Waals surface area contributed by atoms with Gasteiger partial charge in [-0.1, -0.05) is 37.3 Å². The third-order valence-electron chi connectivity index (χ3n) is 5.00. The summed E-state index contributed by atoms with van der Waals surface area (Å²) < 4.78 is 7.50. The molecule has 160 valence electrons. The van der Waals surface area contributed by atoms with Gasteiger partial charge >= 0.3 is 0 Å². The summed E-state index contributed by atoms with van der Waals surface area (Å²) >= 11 is 0. The molecule has 8 heteroatoms. The van der Waals surface area contributed by atoms with Gasteiger partial charge in [-0.15, -0.1) is 0 Å². The number of anilines is 1. The first kappa shape index (κ1) is 20.6. The van der Waals surface area contributed by atoms with E-state index in [0.29, 0.717) is 31.0 Å². The van der Waals surface area contributed by atoms with Gasteiger partial charge in [0, 0.05) is 13.1 Å². The normalized spacial score (nSPS) is 11.0. The molecule has 31 heavy (non-hydrogen) atoms. The molecule has 0 unspecified atom stereocenters. The SMILES string of the molecule is CCCNc1ncnc2c1cnn2CCNC(=O)c1c(OCC)ccc2ccccc12. The Morgan fingerprint density at radius 1 is 1.06 bits per heavy atom. The van der Waals surface area contributed by atoms with Crippen molar-refractivity contribution in [1.82, 2.24) is 25.1 Å². The first-order chi connectivity index (χ1) is 15.2. The summed E-state index contributed by atoms with van der Waals surface area (Å²) in [7, 11) is 0. The number of fused-ring (bicyclic) bond motifs is 2. The van der Waals surface area contributed by atoms with Crippen LogP contribution in [0.15, 0.2) is 48.9 Å². The number of aromatic nitrogens is 4. The highest BCUT2D eigenvalue weighted by molar-refractivity contribution is 6.09. The maximum Gasteiger partial charge on any atom is 0.255 e. The predicted molar refractivity (Wildman–Crippen MR) is 122 cm³/mol. The van der Waals surface area contributed by atoms with E-state index in [1.54, 1.807) is 10.9 Å². The van der Waals surface area contributed by atoms with Crippen LogP contribution in [-0.2, 0) is 6.54 Å². The number of nitrogens with zero attached hydrogens (tertiary/aromatic N) is 4. The van der Waals surface area contributed by atoms with Crippen LogP contribution in [0.5, 0.6) is 5.75 Å². The van der Waals surface area contributed by atoms with E-state index in [1.165, 1.54) is 6.33 Å². The van der Waals surface area contributed by atoms with Gasteiger partial charge in [0.1, 0.15) is 17.9 Å². The Labute approximate surface area is 180 Å². The van der Waals surface area contributed by atoms with Crippen LogP contribution in [0.1, 0.15) is 30.6 Å². The van der Waals surface area contributed by atoms with Crippen LogP contribution in [0.25, 0.3) is 21.8 Å². The maximum absolute atomic E-state index is 13.1. The summed E-state index contributed by atoms with van der Waals surface area (Å²) in [5, 5.41) is 13.5. The van der Waals surface area contributed by atoms with Crippen molar-refractivity contribution in [3.8, 4) is 5.75 Å². The minimum atomic E-state index is -0.170. The number of nitrogens with one attached hydrogen (secondary N) is 2. The molecule has 4 rings (SSSR count). The van der Waals surface area contributed by atoms with E-state index in [9.17, 15) is 4.79 Å². The van der Waals surface area contributed by atoms with Crippen molar-refractivity contribution in [1.29, 1.82) is 0 Å². The van der Waals surface area contributed by atoms with E-state index in [4.69, 9.17) is 4.74 Å². The molecule has 2 aromatic carbocycles. The quantitative estimate of drug-likeness (QED) is 0.431. The lowest BCUT2D eigenvalue weighted by atomic mass is 10.0. The summed E-state index contributed by atoms with van der Waals surface area (Å²) in [6, 6.07) is 11.6. The second kappa shape index (κ2) is 9.42. The number of benzene rings is 2. The number of ether oxygens (including phenoxy) is 1. The Hall–Kier alpha value is -3.68. The van der Waals surface area contributed by atoms with Gasteiger partial charge in [-0.2, -0.15) is 5.10 Å². The van der Waals surface area contributed by atoms with E-state index < -0.39 is 0 Å². The van der Waals surface area contributed by atoms with Gasteiger partial charge in [0.15, 0.2) is 5.65 Å². The van der Waals surface area contributed by atoms with Crippen LogP contribution in [0.4, 0.5) is 5.82 Å². The zero-order chi connectivity index (χ0) is 21.6. The third-order valence-corrected chi connectivity index (χ3v) is 5.00. The maximum atomic E-state index is 13.1. The molecule has 0 aliphatic rings. The molecule has 1 amide bonds. The fraction of sp³-hybridized carbons (Fsp3) is 0.304. The first-order valence-electron chi connectivity index (χ1n) is 10.6. The molecule has 0 atom stereocenters. The summed E-state index contributed by atoms with van der Waals surface area (Å²) in [5.74, 6) is 1.19. The number of carbonyl (C=O) groups is 1. The molecular weight excluding hydrogens is 392 g/mol. The van der Waals surface area contributed by atoms with Crippen LogP contribution >= 0.6 is 0 Å².